The summed E-state index contributed by atoms with van der Waals surface area (Å²) in [5, 5.41) is 7.58. The zero-order valence-corrected chi connectivity index (χ0v) is 13.7. The highest BCUT2D eigenvalue weighted by Crippen LogP contribution is 2.21. The second-order valence-electron chi connectivity index (χ2n) is 5.31. The number of likely N-dealkylation sites (N-methyl/N-ethyl adjacent to an activating group) is 1. The standard InChI is InChI=1S/C15H16BrFN4O/c1-20(12-6-7-18-8-12)15(22)14-13(16)9-21(19-14)11-4-2-10(17)3-5-11/h2-5,9,12,18H,6-8H2,1H3. The number of hydrogen-bond acceptors (Lipinski definition) is 3. The molecule has 0 aliphatic carbocycles. The Labute approximate surface area is 136 Å². The van der Waals surface area contributed by atoms with Gasteiger partial charge in [-0.25, -0.2) is 9.07 Å². The molecule has 1 amide bonds. The minimum Gasteiger partial charge on any atom is -0.336 e. The Morgan fingerprint density at radius 2 is 2.18 bits per heavy atom. The van der Waals surface area contributed by atoms with Crippen molar-refractivity contribution in [3.63, 3.8) is 0 Å². The van der Waals surface area contributed by atoms with Crippen molar-refractivity contribution in [2.75, 3.05) is 20.1 Å². The fraction of sp³-hybridized carbons (Fsp3) is 0.333. The van der Waals surface area contributed by atoms with Crippen LogP contribution in [0.2, 0.25) is 0 Å². The van der Waals surface area contributed by atoms with E-state index in [9.17, 15) is 9.18 Å². The van der Waals surface area contributed by atoms with E-state index in [0.29, 0.717) is 15.9 Å². The normalized spacial score (nSPS) is 17.7. The van der Waals surface area contributed by atoms with Crippen molar-refractivity contribution in [1.82, 2.24) is 20.0 Å². The van der Waals surface area contributed by atoms with Crippen molar-refractivity contribution in [2.45, 2.75) is 12.5 Å². The summed E-state index contributed by atoms with van der Waals surface area (Å²) in [6, 6.07) is 6.16. The summed E-state index contributed by atoms with van der Waals surface area (Å²) >= 11 is 3.39. The second-order valence-corrected chi connectivity index (χ2v) is 6.16. The van der Waals surface area contributed by atoms with Gasteiger partial charge in [0.2, 0.25) is 0 Å². The molecule has 1 unspecified atom stereocenters. The van der Waals surface area contributed by atoms with Gasteiger partial charge < -0.3 is 10.2 Å². The Morgan fingerprint density at radius 3 is 2.82 bits per heavy atom. The highest BCUT2D eigenvalue weighted by Gasteiger charge is 2.27. The number of rotatable bonds is 3. The fourth-order valence-electron chi connectivity index (χ4n) is 2.53. The van der Waals surface area contributed by atoms with E-state index in [2.05, 4.69) is 26.3 Å². The van der Waals surface area contributed by atoms with Crippen LogP contribution in [0.1, 0.15) is 16.9 Å². The lowest BCUT2D eigenvalue weighted by Gasteiger charge is -2.22. The average molecular weight is 367 g/mol. The van der Waals surface area contributed by atoms with E-state index in [-0.39, 0.29) is 17.8 Å². The predicted octanol–water partition coefficient (Wildman–Crippen LogP) is 2.21. The van der Waals surface area contributed by atoms with E-state index in [0.717, 1.165) is 19.5 Å². The van der Waals surface area contributed by atoms with Crippen LogP contribution in [0.15, 0.2) is 34.9 Å². The SMILES string of the molecule is CN(C(=O)c1nn(-c2ccc(F)cc2)cc1Br)C1CCNC1. The molecular formula is C15H16BrFN4O. The zero-order valence-electron chi connectivity index (χ0n) is 12.1. The molecule has 3 rings (SSSR count). The number of hydrogen-bond donors (Lipinski definition) is 1. The summed E-state index contributed by atoms with van der Waals surface area (Å²) in [7, 11) is 1.79. The number of nitrogens with zero attached hydrogens (tertiary/aromatic N) is 3. The van der Waals surface area contributed by atoms with E-state index in [1.807, 2.05) is 0 Å². The molecule has 22 heavy (non-hydrogen) atoms. The van der Waals surface area contributed by atoms with Crippen LogP contribution in [0.3, 0.4) is 0 Å². The third-order valence-electron chi connectivity index (χ3n) is 3.87. The summed E-state index contributed by atoms with van der Waals surface area (Å²) in [6.45, 7) is 1.73. The molecule has 116 valence electrons. The van der Waals surface area contributed by atoms with Crippen LogP contribution in [0.5, 0.6) is 0 Å². The van der Waals surface area contributed by atoms with Crippen LogP contribution in [-0.2, 0) is 0 Å². The van der Waals surface area contributed by atoms with Crippen LogP contribution >= 0.6 is 15.9 Å². The minimum absolute atomic E-state index is 0.124. The van der Waals surface area contributed by atoms with Crippen LogP contribution in [0.4, 0.5) is 4.39 Å². The number of carbonyl (C=O) groups excluding carboxylic acids is 1. The van der Waals surface area contributed by atoms with Crippen LogP contribution in [0, 0.1) is 5.82 Å². The van der Waals surface area contributed by atoms with Gasteiger partial charge in [-0.3, -0.25) is 4.79 Å². The van der Waals surface area contributed by atoms with Crippen molar-refractivity contribution in [2.24, 2.45) is 0 Å². The van der Waals surface area contributed by atoms with Crippen molar-refractivity contribution in [3.05, 3.63) is 46.4 Å². The maximum atomic E-state index is 13.0. The molecule has 0 saturated carbocycles. The molecule has 2 heterocycles. The van der Waals surface area contributed by atoms with Gasteiger partial charge in [-0.05, 0) is 53.2 Å². The first kappa shape index (κ1) is 15.2. The Balaban J connectivity index is 1.85. The van der Waals surface area contributed by atoms with Crippen LogP contribution < -0.4 is 5.32 Å². The number of carbonyl (C=O) groups is 1. The molecule has 0 bridgehead atoms. The van der Waals surface area contributed by atoms with Gasteiger partial charge in [-0.2, -0.15) is 5.10 Å². The van der Waals surface area contributed by atoms with Gasteiger partial charge in [-0.15, -0.1) is 0 Å². The molecule has 1 atom stereocenters. The number of halogens is 2. The minimum atomic E-state index is -0.306. The van der Waals surface area contributed by atoms with E-state index < -0.39 is 0 Å². The Hall–Kier alpha value is -1.73. The smallest absolute Gasteiger partial charge is 0.275 e. The third kappa shape index (κ3) is 2.91. The number of nitrogens with one attached hydrogen (secondary N) is 1. The first-order chi connectivity index (χ1) is 10.6. The quantitative estimate of drug-likeness (QED) is 0.905. The second kappa shape index (κ2) is 6.18. The van der Waals surface area contributed by atoms with Crippen molar-refractivity contribution in [1.29, 1.82) is 0 Å². The van der Waals surface area contributed by atoms with E-state index in [4.69, 9.17) is 0 Å². The van der Waals surface area contributed by atoms with Crippen LogP contribution in [0.25, 0.3) is 5.69 Å². The molecule has 5 nitrogen and oxygen atoms in total. The van der Waals surface area contributed by atoms with Gasteiger partial charge in [0.05, 0.1) is 10.2 Å². The van der Waals surface area contributed by atoms with E-state index in [1.54, 1.807) is 35.0 Å². The molecule has 7 heteroatoms. The summed E-state index contributed by atoms with van der Waals surface area (Å²) in [4.78, 5) is 14.3. The maximum absolute atomic E-state index is 13.0. The van der Waals surface area contributed by atoms with E-state index >= 15 is 0 Å². The maximum Gasteiger partial charge on any atom is 0.275 e. The fourth-order valence-corrected chi connectivity index (χ4v) is 2.97. The molecule has 1 saturated heterocycles. The Kier molecular flexibility index (Phi) is 4.26. The van der Waals surface area contributed by atoms with Gasteiger partial charge in [0.25, 0.3) is 5.91 Å². The Morgan fingerprint density at radius 1 is 1.45 bits per heavy atom. The lowest BCUT2D eigenvalue weighted by atomic mass is 10.2. The van der Waals surface area contributed by atoms with Gasteiger partial charge in [0.1, 0.15) is 5.82 Å². The molecule has 1 aromatic carbocycles. The third-order valence-corrected chi connectivity index (χ3v) is 4.45. The number of benzene rings is 1. The molecular weight excluding hydrogens is 351 g/mol. The van der Waals surface area contributed by atoms with Crippen molar-refractivity contribution < 1.29 is 9.18 Å². The largest absolute Gasteiger partial charge is 0.336 e. The summed E-state index contributed by atoms with van der Waals surface area (Å²) < 4.78 is 15.2. The Bertz CT molecular complexity index is 679. The molecule has 0 radical (unpaired) electrons. The summed E-state index contributed by atoms with van der Waals surface area (Å²) in [5.74, 6) is -0.429. The van der Waals surface area contributed by atoms with Crippen LogP contribution in [-0.4, -0.2) is 46.8 Å². The lowest BCUT2D eigenvalue weighted by Crippen LogP contribution is -2.38. The first-order valence-corrected chi connectivity index (χ1v) is 7.84. The highest BCUT2D eigenvalue weighted by atomic mass is 79.9. The average Bonchev–Trinajstić information content (AvgIpc) is 3.16. The molecule has 1 fully saturated rings. The van der Waals surface area contributed by atoms with Gasteiger partial charge in [-0.1, -0.05) is 0 Å². The first-order valence-electron chi connectivity index (χ1n) is 7.05. The molecule has 1 aliphatic rings. The lowest BCUT2D eigenvalue weighted by molar-refractivity contribution is 0.0736. The monoisotopic (exact) mass is 366 g/mol. The van der Waals surface area contributed by atoms with Crippen molar-refractivity contribution >= 4 is 21.8 Å². The summed E-state index contributed by atoms with van der Waals surface area (Å²) in [5.41, 5.74) is 1.06. The van der Waals surface area contributed by atoms with Crippen molar-refractivity contribution in [3.8, 4) is 5.69 Å². The highest BCUT2D eigenvalue weighted by molar-refractivity contribution is 9.10. The summed E-state index contributed by atoms with van der Waals surface area (Å²) in [6.07, 6.45) is 2.65. The topological polar surface area (TPSA) is 50.2 Å². The zero-order chi connectivity index (χ0) is 15.7. The molecule has 2 aromatic rings. The number of amides is 1. The molecule has 0 spiro atoms. The molecule has 1 aromatic heterocycles. The predicted molar refractivity (Wildman–Crippen MR) is 84.6 cm³/mol. The molecule has 1 N–H and O–H groups in total. The van der Waals surface area contributed by atoms with Gasteiger partial charge in [0, 0.05) is 25.8 Å². The number of aromatic nitrogens is 2. The van der Waals surface area contributed by atoms with Gasteiger partial charge >= 0.3 is 0 Å². The van der Waals surface area contributed by atoms with E-state index in [1.165, 1.54) is 12.1 Å². The van der Waals surface area contributed by atoms with Gasteiger partial charge in [0.15, 0.2) is 5.69 Å². The molecule has 1 aliphatic heterocycles.